The van der Waals surface area contributed by atoms with Gasteiger partial charge in [0.2, 0.25) is 2.21 Å². The summed E-state index contributed by atoms with van der Waals surface area (Å²) in [5.41, 5.74) is 1.45. The van der Waals surface area contributed by atoms with Crippen molar-refractivity contribution in [1.82, 2.24) is 0 Å². The number of aliphatic hydroxyl groups is 1. The molecule has 0 aliphatic rings. The van der Waals surface area contributed by atoms with E-state index in [1.807, 2.05) is 13.0 Å². The molecule has 0 bridgehead atoms. The highest BCUT2D eigenvalue weighted by atomic mass is 127. The van der Waals surface area contributed by atoms with Crippen LogP contribution in [-0.4, -0.2) is 21.5 Å². The second-order valence-electron chi connectivity index (χ2n) is 3.78. The number of aliphatic hydroxyl groups excluding tert-OH is 1. The van der Waals surface area contributed by atoms with Crippen LogP contribution < -0.4 is 0 Å². The normalized spacial score (nSPS) is 17.5. The lowest BCUT2D eigenvalue weighted by atomic mass is 10.1. The maximum absolute atomic E-state index is 11.8. The molecule has 0 radical (unpaired) electrons. The van der Waals surface area contributed by atoms with Crippen molar-refractivity contribution >= 4 is 44.0 Å². The lowest BCUT2D eigenvalue weighted by Gasteiger charge is -2.26. The lowest BCUT2D eigenvalue weighted by molar-refractivity contribution is 0.187. The van der Waals surface area contributed by atoms with Gasteiger partial charge in [-0.15, -0.1) is 0 Å². The molecule has 0 amide bonds. The van der Waals surface area contributed by atoms with E-state index in [2.05, 4.69) is 0 Å². The van der Waals surface area contributed by atoms with Gasteiger partial charge < -0.3 is 5.11 Å². The van der Waals surface area contributed by atoms with Crippen molar-refractivity contribution in [3.05, 3.63) is 35.4 Å². The number of benzene rings is 1. The van der Waals surface area contributed by atoms with Gasteiger partial charge in [-0.3, -0.25) is 0 Å². The van der Waals surface area contributed by atoms with Crippen LogP contribution in [0, 0.1) is 6.92 Å². The summed E-state index contributed by atoms with van der Waals surface area (Å²) < 4.78 is 21.9. The molecule has 0 aromatic heterocycles. The molecule has 6 heteroatoms. The van der Waals surface area contributed by atoms with Gasteiger partial charge in [-0.05, 0) is 35.1 Å². The van der Waals surface area contributed by atoms with Gasteiger partial charge in [-0.2, -0.15) is 0 Å². The Hall–Kier alpha value is 0.150. The maximum Gasteiger partial charge on any atom is 0.225 e. The molecule has 1 N–H and O–H groups in total. The SMILES string of the molecule is CCS(=O)(=O)[C@@](Cl)(I)[C@H](O)c1cccc(C)c1. The Kier molecular flexibility index (Phi) is 4.85. The van der Waals surface area contributed by atoms with Crippen molar-refractivity contribution in [1.29, 1.82) is 0 Å². The summed E-state index contributed by atoms with van der Waals surface area (Å²) in [4.78, 5) is 0. The fraction of sp³-hybridized carbons (Fsp3) is 0.455. The van der Waals surface area contributed by atoms with Crippen LogP contribution in [0.4, 0.5) is 0 Å². The Bertz CT molecular complexity index is 499. The highest BCUT2D eigenvalue weighted by molar-refractivity contribution is 14.1. The van der Waals surface area contributed by atoms with Gasteiger partial charge in [0.25, 0.3) is 0 Å². The van der Waals surface area contributed by atoms with Gasteiger partial charge in [-0.25, -0.2) is 8.42 Å². The van der Waals surface area contributed by atoms with E-state index in [1.165, 1.54) is 6.92 Å². The molecule has 0 aliphatic heterocycles. The summed E-state index contributed by atoms with van der Waals surface area (Å²) in [6.45, 7) is 3.38. The Morgan fingerprint density at radius 3 is 2.59 bits per heavy atom. The standard InChI is InChI=1S/C11H14ClIO3S/c1-3-17(15,16)11(12,13)10(14)9-6-4-5-8(2)7-9/h4-7,10,14H,3H2,1-2H3/t10-,11+/m1/s1. The second-order valence-corrected chi connectivity index (χ2v) is 10.1. The number of alkyl halides is 2. The Balaban J connectivity index is 3.17. The molecule has 1 rings (SSSR count). The van der Waals surface area contributed by atoms with Gasteiger partial charge in [-0.1, -0.05) is 48.4 Å². The molecule has 0 saturated heterocycles. The third kappa shape index (κ3) is 3.13. The molecule has 0 fully saturated rings. The van der Waals surface area contributed by atoms with Crippen LogP contribution in [0.1, 0.15) is 24.2 Å². The van der Waals surface area contributed by atoms with E-state index in [-0.39, 0.29) is 5.75 Å². The topological polar surface area (TPSA) is 54.4 Å². The lowest BCUT2D eigenvalue weighted by Crippen LogP contribution is -2.34. The predicted molar refractivity (Wildman–Crippen MR) is 78.2 cm³/mol. The van der Waals surface area contributed by atoms with Gasteiger partial charge in [0.15, 0.2) is 9.84 Å². The molecular formula is C11H14ClIO3S. The zero-order valence-electron chi connectivity index (χ0n) is 9.52. The van der Waals surface area contributed by atoms with Crippen LogP contribution in [-0.2, 0) is 9.84 Å². The van der Waals surface area contributed by atoms with Crippen LogP contribution >= 0.6 is 34.2 Å². The number of rotatable bonds is 4. The molecule has 0 unspecified atom stereocenters. The van der Waals surface area contributed by atoms with Crippen molar-refractivity contribution in [2.75, 3.05) is 5.75 Å². The first-order chi connectivity index (χ1) is 7.72. The fourth-order valence-electron chi connectivity index (χ4n) is 1.40. The van der Waals surface area contributed by atoms with Crippen LogP contribution in [0.2, 0.25) is 0 Å². The van der Waals surface area contributed by atoms with Crippen LogP contribution in [0.15, 0.2) is 24.3 Å². The fourth-order valence-corrected chi connectivity index (χ4v) is 4.01. The molecule has 1 aromatic carbocycles. The smallest absolute Gasteiger partial charge is 0.225 e. The van der Waals surface area contributed by atoms with E-state index in [4.69, 9.17) is 11.6 Å². The molecular weight excluding hydrogens is 375 g/mol. The minimum absolute atomic E-state index is 0.109. The number of sulfone groups is 1. The molecule has 0 heterocycles. The van der Waals surface area contributed by atoms with Crippen molar-refractivity contribution < 1.29 is 13.5 Å². The second kappa shape index (κ2) is 5.42. The monoisotopic (exact) mass is 388 g/mol. The number of aryl methyl sites for hydroxylation is 1. The van der Waals surface area contributed by atoms with E-state index in [9.17, 15) is 13.5 Å². The number of hydrogen-bond donors (Lipinski definition) is 1. The molecule has 17 heavy (non-hydrogen) atoms. The van der Waals surface area contributed by atoms with Crippen molar-refractivity contribution in [2.24, 2.45) is 0 Å². The first-order valence-corrected chi connectivity index (χ1v) is 8.18. The Labute approximate surface area is 120 Å². The quantitative estimate of drug-likeness (QED) is 0.637. The molecule has 2 atom stereocenters. The molecule has 0 saturated carbocycles. The van der Waals surface area contributed by atoms with Crippen molar-refractivity contribution in [2.45, 2.75) is 22.2 Å². The highest BCUT2D eigenvalue weighted by Gasteiger charge is 2.45. The first kappa shape index (κ1) is 15.2. The van der Waals surface area contributed by atoms with E-state index < -0.39 is 18.2 Å². The van der Waals surface area contributed by atoms with Crippen molar-refractivity contribution in [3.8, 4) is 0 Å². The third-order valence-electron chi connectivity index (χ3n) is 2.47. The van der Waals surface area contributed by atoms with E-state index >= 15 is 0 Å². The molecule has 0 aliphatic carbocycles. The van der Waals surface area contributed by atoms with Crippen molar-refractivity contribution in [3.63, 3.8) is 0 Å². The van der Waals surface area contributed by atoms with Gasteiger partial charge in [0, 0.05) is 0 Å². The average molecular weight is 389 g/mol. The molecule has 96 valence electrons. The average Bonchev–Trinajstić information content (AvgIpc) is 2.27. The first-order valence-electron chi connectivity index (χ1n) is 5.07. The summed E-state index contributed by atoms with van der Waals surface area (Å²) in [5.74, 6) is -0.109. The minimum atomic E-state index is -3.56. The minimum Gasteiger partial charge on any atom is -0.385 e. The molecule has 3 nitrogen and oxygen atoms in total. The van der Waals surface area contributed by atoms with Crippen LogP contribution in [0.5, 0.6) is 0 Å². The number of halogens is 2. The zero-order chi connectivity index (χ0) is 13.3. The van der Waals surface area contributed by atoms with E-state index in [0.717, 1.165) is 5.56 Å². The summed E-state index contributed by atoms with van der Waals surface area (Å²) in [7, 11) is -3.56. The van der Waals surface area contributed by atoms with E-state index in [1.54, 1.807) is 40.8 Å². The van der Waals surface area contributed by atoms with E-state index in [0.29, 0.717) is 5.56 Å². The molecule has 0 spiro atoms. The predicted octanol–water partition coefficient (Wildman–Crippen LogP) is 2.79. The van der Waals surface area contributed by atoms with Crippen LogP contribution in [0.25, 0.3) is 0 Å². The summed E-state index contributed by atoms with van der Waals surface area (Å²) in [5, 5.41) is 10.1. The Morgan fingerprint density at radius 2 is 2.12 bits per heavy atom. The van der Waals surface area contributed by atoms with Gasteiger partial charge >= 0.3 is 0 Å². The maximum atomic E-state index is 11.8. The third-order valence-corrected chi connectivity index (χ3v) is 7.80. The summed E-state index contributed by atoms with van der Waals surface area (Å²) in [6, 6.07) is 7.02. The molecule has 1 aromatic rings. The zero-order valence-corrected chi connectivity index (χ0v) is 13.3. The number of hydrogen-bond acceptors (Lipinski definition) is 3. The van der Waals surface area contributed by atoms with Crippen LogP contribution in [0.3, 0.4) is 0 Å². The summed E-state index contributed by atoms with van der Waals surface area (Å²) >= 11 is 7.60. The van der Waals surface area contributed by atoms with Gasteiger partial charge in [0.1, 0.15) is 6.10 Å². The highest BCUT2D eigenvalue weighted by Crippen LogP contribution is 2.43. The Morgan fingerprint density at radius 1 is 1.53 bits per heavy atom. The van der Waals surface area contributed by atoms with Gasteiger partial charge in [0.05, 0.1) is 5.75 Å². The summed E-state index contributed by atoms with van der Waals surface area (Å²) in [6.07, 6.45) is -1.25. The largest absolute Gasteiger partial charge is 0.385 e.